The number of hydrogen-bond donors (Lipinski definition) is 0. The summed E-state index contributed by atoms with van der Waals surface area (Å²) in [4.78, 5) is 20.3. The molecule has 0 saturated heterocycles. The molecule has 76 valence electrons. The maximum absolute atomic E-state index is 12.0. The van der Waals surface area contributed by atoms with Crippen molar-refractivity contribution < 1.29 is 31.5 Å². The van der Waals surface area contributed by atoms with E-state index in [-0.39, 0.29) is 6.92 Å². The number of hydrogen-bond acceptors (Lipinski definition) is 2. The van der Waals surface area contributed by atoms with Crippen molar-refractivity contribution in [2.24, 2.45) is 0 Å². The largest absolute Gasteiger partial charge is 0.454 e. The highest BCUT2D eigenvalue weighted by Gasteiger charge is 2.43. The third-order valence-corrected chi connectivity index (χ3v) is 2.06. The van der Waals surface area contributed by atoms with Gasteiger partial charge in [-0.05, 0) is 0 Å². The predicted octanol–water partition coefficient (Wildman–Crippen LogP) is 1.94. The van der Waals surface area contributed by atoms with Crippen LogP contribution in [-0.4, -0.2) is 23.1 Å². The van der Waals surface area contributed by atoms with Gasteiger partial charge in [-0.2, -0.15) is 22.0 Å². The normalized spacial score (nSPS) is 13.7. The summed E-state index contributed by atoms with van der Waals surface area (Å²) in [5.74, 6) is -3.89. The molecule has 0 spiro atoms. The minimum absolute atomic E-state index is 0.145. The zero-order valence-electron chi connectivity index (χ0n) is 6.21. The van der Waals surface area contributed by atoms with Crippen LogP contribution in [0.3, 0.4) is 0 Å². The van der Waals surface area contributed by atoms with Crippen LogP contribution in [0.15, 0.2) is 0 Å². The number of carbonyl (C=O) groups excluding carboxylic acids is 2. The van der Waals surface area contributed by atoms with E-state index in [0.29, 0.717) is 0 Å². The molecule has 0 aromatic carbocycles. The lowest BCUT2D eigenvalue weighted by molar-refractivity contribution is -0.161. The molecule has 0 fully saturated rings. The summed E-state index contributed by atoms with van der Waals surface area (Å²) < 4.78 is 58.4. The summed E-state index contributed by atoms with van der Waals surface area (Å²) in [6.45, 7) is 0.145. The van der Waals surface area contributed by atoms with Crippen LogP contribution < -0.4 is 0 Å². The average Bonchev–Trinajstić information content (AvgIpc) is 1.82. The Labute approximate surface area is 71.3 Å². The van der Waals surface area contributed by atoms with Crippen LogP contribution in [0, 0.1) is 0 Å². The fourth-order valence-electron chi connectivity index (χ4n) is 0.284. The molecule has 0 aliphatic heterocycles. The molecular weight excluding hydrogens is 218 g/mol. The third-order valence-electron chi connectivity index (χ3n) is 0.883. The van der Waals surface area contributed by atoms with Crippen LogP contribution in [0.2, 0.25) is 0 Å². The molecule has 1 unspecified atom stereocenters. The second-order valence-corrected chi connectivity index (χ2v) is 3.33. The first-order valence-corrected chi connectivity index (χ1v) is 3.85. The standard InChI is InChI=1S/C5H4F5O2P/c1-4(6,7)2(11)13-3(12)5(8,9)10/h13H,1H3. The molecule has 1 atom stereocenters. The van der Waals surface area contributed by atoms with Gasteiger partial charge in [0.05, 0.1) is 0 Å². The van der Waals surface area contributed by atoms with E-state index in [2.05, 4.69) is 0 Å². The monoisotopic (exact) mass is 222 g/mol. The van der Waals surface area contributed by atoms with E-state index in [1.54, 1.807) is 0 Å². The van der Waals surface area contributed by atoms with E-state index in [0.717, 1.165) is 0 Å². The Balaban J connectivity index is 4.34. The third kappa shape index (κ3) is 4.26. The molecule has 0 bridgehead atoms. The Morgan fingerprint density at radius 2 is 1.38 bits per heavy atom. The topological polar surface area (TPSA) is 34.1 Å². The van der Waals surface area contributed by atoms with E-state index in [1.165, 1.54) is 0 Å². The van der Waals surface area contributed by atoms with Crippen LogP contribution in [-0.2, 0) is 9.59 Å². The van der Waals surface area contributed by atoms with Crippen molar-refractivity contribution in [3.63, 3.8) is 0 Å². The molecule has 0 aliphatic rings. The van der Waals surface area contributed by atoms with Crippen molar-refractivity contribution in [3.05, 3.63) is 0 Å². The summed E-state index contributed by atoms with van der Waals surface area (Å²) >= 11 is 0. The number of halogens is 5. The summed E-state index contributed by atoms with van der Waals surface area (Å²) in [6.07, 6.45) is -5.22. The molecule has 0 aromatic heterocycles. The fourth-order valence-corrected chi connectivity index (χ4v) is 0.851. The van der Waals surface area contributed by atoms with Gasteiger partial charge in [-0.1, -0.05) is 0 Å². The highest BCUT2D eigenvalue weighted by Crippen LogP contribution is 2.33. The molecule has 2 nitrogen and oxygen atoms in total. The Morgan fingerprint density at radius 3 is 1.62 bits per heavy atom. The van der Waals surface area contributed by atoms with Gasteiger partial charge in [0.25, 0.3) is 5.52 Å². The zero-order chi connectivity index (χ0) is 10.9. The van der Waals surface area contributed by atoms with Crippen molar-refractivity contribution in [3.8, 4) is 0 Å². The molecule has 8 heteroatoms. The molecule has 0 aliphatic carbocycles. The van der Waals surface area contributed by atoms with Crippen molar-refractivity contribution >= 4 is 19.6 Å². The SMILES string of the molecule is CC(F)(F)C(=O)PC(=O)C(F)(F)F. The first-order valence-electron chi connectivity index (χ1n) is 2.85. The lowest BCUT2D eigenvalue weighted by Gasteiger charge is -2.08. The van der Waals surface area contributed by atoms with E-state index in [9.17, 15) is 31.5 Å². The molecule has 0 heterocycles. The zero-order valence-corrected chi connectivity index (χ0v) is 7.21. The fraction of sp³-hybridized carbons (Fsp3) is 0.600. The molecule has 0 amide bonds. The lowest BCUT2D eigenvalue weighted by Crippen LogP contribution is -2.26. The van der Waals surface area contributed by atoms with Crippen LogP contribution >= 0.6 is 8.58 Å². The van der Waals surface area contributed by atoms with Crippen molar-refractivity contribution in [1.29, 1.82) is 0 Å². The maximum atomic E-state index is 12.0. The second-order valence-electron chi connectivity index (χ2n) is 2.17. The van der Waals surface area contributed by atoms with E-state index in [1.807, 2.05) is 0 Å². The average molecular weight is 222 g/mol. The maximum Gasteiger partial charge on any atom is 0.454 e. The van der Waals surface area contributed by atoms with Gasteiger partial charge >= 0.3 is 12.1 Å². The van der Waals surface area contributed by atoms with Gasteiger partial charge in [0, 0.05) is 15.5 Å². The van der Waals surface area contributed by atoms with Gasteiger partial charge in [-0.25, -0.2) is 0 Å². The van der Waals surface area contributed by atoms with Crippen LogP contribution in [0.5, 0.6) is 0 Å². The lowest BCUT2D eigenvalue weighted by atomic mass is 10.4. The summed E-state index contributed by atoms with van der Waals surface area (Å²) in [5, 5.41) is 0. The summed E-state index contributed by atoms with van der Waals surface area (Å²) in [5.41, 5.74) is -4.44. The van der Waals surface area contributed by atoms with Crippen LogP contribution in [0.25, 0.3) is 0 Å². The van der Waals surface area contributed by atoms with Gasteiger partial charge in [0.1, 0.15) is 0 Å². The predicted molar refractivity (Wildman–Crippen MR) is 35.0 cm³/mol. The molecule has 0 aromatic rings. The molecule has 0 saturated carbocycles. The van der Waals surface area contributed by atoms with Crippen molar-refractivity contribution in [2.45, 2.75) is 19.0 Å². The Kier molecular flexibility index (Phi) is 3.49. The smallest absolute Gasteiger partial charge is 0.288 e. The number of alkyl halides is 5. The van der Waals surface area contributed by atoms with E-state index in [4.69, 9.17) is 0 Å². The molecular formula is C5H4F5O2P. The van der Waals surface area contributed by atoms with Crippen molar-refractivity contribution in [1.82, 2.24) is 0 Å². The molecule has 13 heavy (non-hydrogen) atoms. The minimum atomic E-state index is -5.22. The van der Waals surface area contributed by atoms with Crippen LogP contribution in [0.1, 0.15) is 6.92 Å². The van der Waals surface area contributed by atoms with Crippen LogP contribution in [0.4, 0.5) is 22.0 Å². The van der Waals surface area contributed by atoms with E-state index >= 15 is 0 Å². The molecule has 0 N–H and O–H groups in total. The summed E-state index contributed by atoms with van der Waals surface area (Å²) in [6, 6.07) is 0. The first-order chi connectivity index (χ1) is 5.55. The highest BCUT2D eigenvalue weighted by atomic mass is 31.1. The number of rotatable bonds is 3. The number of carbonyl (C=O) groups is 2. The Hall–Kier alpha value is -0.580. The molecule has 0 rings (SSSR count). The highest BCUT2D eigenvalue weighted by molar-refractivity contribution is 7.74. The second kappa shape index (κ2) is 3.65. The summed E-state index contributed by atoms with van der Waals surface area (Å²) in [7, 11) is -2.07. The Bertz CT molecular complexity index is 204. The van der Waals surface area contributed by atoms with Gasteiger partial charge in [0.2, 0.25) is 5.52 Å². The van der Waals surface area contributed by atoms with Gasteiger partial charge < -0.3 is 0 Å². The molecule has 0 radical (unpaired) electrons. The van der Waals surface area contributed by atoms with Crippen molar-refractivity contribution in [2.75, 3.05) is 0 Å². The van der Waals surface area contributed by atoms with Gasteiger partial charge in [-0.15, -0.1) is 0 Å². The first kappa shape index (κ1) is 12.4. The van der Waals surface area contributed by atoms with E-state index < -0.39 is 31.7 Å². The van der Waals surface area contributed by atoms with Gasteiger partial charge in [0.15, 0.2) is 0 Å². The quantitative estimate of drug-likeness (QED) is 0.540. The van der Waals surface area contributed by atoms with Gasteiger partial charge in [-0.3, -0.25) is 9.59 Å². The Morgan fingerprint density at radius 1 is 1.00 bits per heavy atom. The minimum Gasteiger partial charge on any atom is -0.288 e.